The monoisotopic (exact) mass is 241 g/mol. The minimum Gasteiger partial charge on any atom is -0.353 e. The van der Waals surface area contributed by atoms with Gasteiger partial charge in [0.05, 0.1) is 0 Å². The molecule has 2 aromatic rings. The van der Waals surface area contributed by atoms with E-state index in [0.717, 1.165) is 12.4 Å². The molecule has 0 bridgehead atoms. The molecular formula is C15H19N3. The molecule has 18 heavy (non-hydrogen) atoms. The summed E-state index contributed by atoms with van der Waals surface area (Å²) in [6.07, 6.45) is 8.74. The van der Waals surface area contributed by atoms with E-state index in [0.29, 0.717) is 6.04 Å². The van der Waals surface area contributed by atoms with Crippen LogP contribution in [0.2, 0.25) is 0 Å². The van der Waals surface area contributed by atoms with Crippen molar-refractivity contribution in [3.8, 4) is 5.69 Å². The number of hydrogen-bond acceptors (Lipinski definition) is 2. The summed E-state index contributed by atoms with van der Waals surface area (Å²) < 4.78 is 2.12. The van der Waals surface area contributed by atoms with Gasteiger partial charge in [0.2, 0.25) is 5.95 Å². The van der Waals surface area contributed by atoms with Crippen LogP contribution >= 0.6 is 0 Å². The standard InChI is InChI=1S/C15H19N3/c1-2-3-12-4-8-14(9-5-12)18-11-10-16-15(18)17-13-6-7-13/h4-5,8-11,13H,2-3,6-7H2,1H3,(H,16,17). The molecule has 1 aromatic carbocycles. The molecule has 3 heteroatoms. The van der Waals surface area contributed by atoms with Crippen molar-refractivity contribution in [2.45, 2.75) is 38.6 Å². The molecule has 1 fully saturated rings. The van der Waals surface area contributed by atoms with Gasteiger partial charge in [0.15, 0.2) is 0 Å². The van der Waals surface area contributed by atoms with E-state index in [1.54, 1.807) is 0 Å². The molecule has 3 rings (SSSR count). The highest BCUT2D eigenvalue weighted by atomic mass is 15.2. The van der Waals surface area contributed by atoms with Crippen LogP contribution in [0.3, 0.4) is 0 Å². The van der Waals surface area contributed by atoms with Gasteiger partial charge >= 0.3 is 0 Å². The Balaban J connectivity index is 1.82. The first-order valence-corrected chi connectivity index (χ1v) is 6.76. The maximum atomic E-state index is 4.38. The number of anilines is 1. The minimum absolute atomic E-state index is 0.630. The number of aromatic nitrogens is 2. The number of nitrogens with one attached hydrogen (secondary N) is 1. The van der Waals surface area contributed by atoms with Crippen molar-refractivity contribution < 1.29 is 0 Å². The highest BCUT2D eigenvalue weighted by Gasteiger charge is 2.22. The van der Waals surface area contributed by atoms with Gasteiger partial charge in [0.25, 0.3) is 0 Å². The van der Waals surface area contributed by atoms with Gasteiger partial charge in [-0.2, -0.15) is 0 Å². The Morgan fingerprint density at radius 2 is 2.06 bits per heavy atom. The first kappa shape index (κ1) is 11.3. The van der Waals surface area contributed by atoms with Gasteiger partial charge in [-0.3, -0.25) is 4.57 Å². The Bertz CT molecular complexity index is 509. The summed E-state index contributed by atoms with van der Waals surface area (Å²) in [5.74, 6) is 0.959. The van der Waals surface area contributed by atoms with Crippen molar-refractivity contribution in [2.75, 3.05) is 5.32 Å². The highest BCUT2D eigenvalue weighted by Crippen LogP contribution is 2.25. The summed E-state index contributed by atoms with van der Waals surface area (Å²) in [5, 5.41) is 3.45. The Hall–Kier alpha value is -1.77. The fraction of sp³-hybridized carbons (Fsp3) is 0.400. The highest BCUT2D eigenvalue weighted by molar-refractivity contribution is 5.43. The minimum atomic E-state index is 0.630. The Kier molecular flexibility index (Phi) is 3.05. The molecule has 1 saturated carbocycles. The van der Waals surface area contributed by atoms with Crippen LogP contribution in [0.25, 0.3) is 5.69 Å². The summed E-state index contributed by atoms with van der Waals surface area (Å²) in [4.78, 5) is 4.38. The van der Waals surface area contributed by atoms with E-state index in [1.807, 2.05) is 12.4 Å². The number of hydrogen-bond donors (Lipinski definition) is 1. The van der Waals surface area contributed by atoms with E-state index in [1.165, 1.54) is 30.5 Å². The zero-order valence-corrected chi connectivity index (χ0v) is 10.8. The van der Waals surface area contributed by atoms with Crippen LogP contribution in [0.5, 0.6) is 0 Å². The molecule has 0 aliphatic heterocycles. The summed E-state index contributed by atoms with van der Waals surface area (Å²) in [7, 11) is 0. The van der Waals surface area contributed by atoms with Gasteiger partial charge in [0, 0.05) is 24.1 Å². The maximum absolute atomic E-state index is 4.38. The lowest BCUT2D eigenvalue weighted by Gasteiger charge is -2.09. The molecule has 0 unspecified atom stereocenters. The summed E-state index contributed by atoms with van der Waals surface area (Å²) in [6.45, 7) is 2.21. The van der Waals surface area contributed by atoms with Gasteiger partial charge in [-0.15, -0.1) is 0 Å². The van der Waals surface area contributed by atoms with Crippen molar-refractivity contribution in [3.05, 3.63) is 42.2 Å². The third kappa shape index (κ3) is 2.40. The number of nitrogens with zero attached hydrogens (tertiary/aromatic N) is 2. The second kappa shape index (κ2) is 4.84. The Morgan fingerprint density at radius 3 is 2.72 bits per heavy atom. The molecule has 94 valence electrons. The average molecular weight is 241 g/mol. The second-order valence-electron chi connectivity index (χ2n) is 4.96. The number of aryl methyl sites for hydroxylation is 1. The smallest absolute Gasteiger partial charge is 0.207 e. The molecule has 1 aromatic heterocycles. The lowest BCUT2D eigenvalue weighted by Crippen LogP contribution is -2.07. The molecule has 1 heterocycles. The van der Waals surface area contributed by atoms with Crippen LogP contribution in [0.15, 0.2) is 36.7 Å². The van der Waals surface area contributed by atoms with E-state index in [-0.39, 0.29) is 0 Å². The normalized spacial score (nSPS) is 14.7. The van der Waals surface area contributed by atoms with Crippen molar-refractivity contribution >= 4 is 5.95 Å². The first-order valence-electron chi connectivity index (χ1n) is 6.76. The van der Waals surface area contributed by atoms with Gasteiger partial charge < -0.3 is 5.32 Å². The van der Waals surface area contributed by atoms with E-state index in [4.69, 9.17) is 0 Å². The fourth-order valence-electron chi connectivity index (χ4n) is 2.14. The molecule has 0 amide bonds. The van der Waals surface area contributed by atoms with E-state index in [2.05, 4.69) is 46.1 Å². The molecular weight excluding hydrogens is 222 g/mol. The molecule has 0 spiro atoms. The Morgan fingerprint density at radius 1 is 1.28 bits per heavy atom. The number of rotatable bonds is 5. The van der Waals surface area contributed by atoms with Crippen LogP contribution in [-0.4, -0.2) is 15.6 Å². The lowest BCUT2D eigenvalue weighted by molar-refractivity contribution is 0.919. The maximum Gasteiger partial charge on any atom is 0.207 e. The summed E-state index contributed by atoms with van der Waals surface area (Å²) >= 11 is 0. The van der Waals surface area contributed by atoms with Crippen molar-refractivity contribution in [1.29, 1.82) is 0 Å². The molecule has 1 N–H and O–H groups in total. The number of imidazole rings is 1. The predicted octanol–water partition coefficient (Wildman–Crippen LogP) is 3.40. The van der Waals surface area contributed by atoms with Crippen molar-refractivity contribution in [1.82, 2.24) is 9.55 Å². The average Bonchev–Trinajstić information content (AvgIpc) is 3.08. The third-order valence-corrected chi connectivity index (χ3v) is 3.30. The lowest BCUT2D eigenvalue weighted by atomic mass is 10.1. The summed E-state index contributed by atoms with van der Waals surface area (Å²) in [5.41, 5.74) is 2.58. The van der Waals surface area contributed by atoms with Crippen LogP contribution in [0, 0.1) is 0 Å². The van der Waals surface area contributed by atoms with Gasteiger partial charge in [-0.05, 0) is 37.0 Å². The number of benzene rings is 1. The van der Waals surface area contributed by atoms with E-state index in [9.17, 15) is 0 Å². The zero-order chi connectivity index (χ0) is 12.4. The largest absolute Gasteiger partial charge is 0.353 e. The van der Waals surface area contributed by atoms with Crippen molar-refractivity contribution in [3.63, 3.8) is 0 Å². The third-order valence-electron chi connectivity index (χ3n) is 3.30. The first-order chi connectivity index (χ1) is 8.86. The van der Waals surface area contributed by atoms with Gasteiger partial charge in [0.1, 0.15) is 0 Å². The molecule has 0 atom stereocenters. The van der Waals surface area contributed by atoms with Gasteiger partial charge in [-0.1, -0.05) is 25.5 Å². The molecule has 0 radical (unpaired) electrons. The van der Waals surface area contributed by atoms with Crippen LogP contribution in [0.1, 0.15) is 31.7 Å². The SMILES string of the molecule is CCCc1ccc(-n2ccnc2NC2CC2)cc1. The molecule has 3 nitrogen and oxygen atoms in total. The molecule has 1 aliphatic carbocycles. The predicted molar refractivity (Wildman–Crippen MR) is 74.2 cm³/mol. The van der Waals surface area contributed by atoms with Crippen LogP contribution in [-0.2, 0) is 6.42 Å². The van der Waals surface area contributed by atoms with Crippen LogP contribution in [0.4, 0.5) is 5.95 Å². The molecule has 0 saturated heterocycles. The van der Waals surface area contributed by atoms with E-state index >= 15 is 0 Å². The molecule has 1 aliphatic rings. The summed E-state index contributed by atoms with van der Waals surface area (Å²) in [6, 6.07) is 9.39. The zero-order valence-electron chi connectivity index (χ0n) is 10.8. The quantitative estimate of drug-likeness (QED) is 0.869. The van der Waals surface area contributed by atoms with Gasteiger partial charge in [-0.25, -0.2) is 4.98 Å². The van der Waals surface area contributed by atoms with E-state index < -0.39 is 0 Å². The van der Waals surface area contributed by atoms with Crippen LogP contribution < -0.4 is 5.32 Å². The fourth-order valence-corrected chi connectivity index (χ4v) is 2.14. The second-order valence-corrected chi connectivity index (χ2v) is 4.96. The Labute approximate surface area is 108 Å². The van der Waals surface area contributed by atoms with Crippen molar-refractivity contribution in [2.24, 2.45) is 0 Å². The topological polar surface area (TPSA) is 29.9 Å².